The van der Waals surface area contributed by atoms with Crippen LogP contribution in [0.1, 0.15) is 0 Å². The Kier molecular flexibility index (Phi) is 2.76. The van der Waals surface area contributed by atoms with Crippen molar-refractivity contribution in [2.45, 2.75) is 0 Å². The predicted octanol–water partition coefficient (Wildman–Crippen LogP) is 3.81. The van der Waals surface area contributed by atoms with Gasteiger partial charge in [0.25, 0.3) is 0 Å². The third-order valence-electron chi connectivity index (χ3n) is 1.78. The first-order valence-electron chi connectivity index (χ1n) is 3.83. The highest BCUT2D eigenvalue weighted by Gasteiger charge is 2.09. The maximum absolute atomic E-state index is 5.90. The molecule has 1 heterocycles. The van der Waals surface area contributed by atoms with E-state index in [1.54, 1.807) is 5.51 Å². The Bertz CT molecular complexity index is 470. The lowest BCUT2D eigenvalue weighted by Gasteiger charge is -2.02. The van der Waals surface area contributed by atoms with E-state index < -0.39 is 0 Å². The summed E-state index contributed by atoms with van der Waals surface area (Å²) in [6.45, 7) is 0. The Morgan fingerprint density at radius 3 is 2.86 bits per heavy atom. The summed E-state index contributed by atoms with van der Waals surface area (Å²) in [5, 5.41) is 1.38. The molecule has 0 bridgehead atoms. The second-order valence-electron chi connectivity index (χ2n) is 2.69. The molecule has 1 aromatic heterocycles. The van der Waals surface area contributed by atoms with Gasteiger partial charge >= 0.3 is 0 Å². The molecule has 0 spiro atoms. The quantitative estimate of drug-likeness (QED) is 0.867. The van der Waals surface area contributed by atoms with Crippen molar-refractivity contribution in [1.82, 2.24) is 4.98 Å². The average molecular weight is 290 g/mol. The van der Waals surface area contributed by atoms with E-state index in [0.717, 1.165) is 15.7 Å². The van der Waals surface area contributed by atoms with Gasteiger partial charge < -0.3 is 5.73 Å². The molecule has 0 aliphatic rings. The molecule has 0 aliphatic carbocycles. The lowest BCUT2D eigenvalue weighted by atomic mass is 10.2. The van der Waals surface area contributed by atoms with Crippen LogP contribution in [-0.4, -0.2) is 4.98 Å². The van der Waals surface area contributed by atoms with Crippen molar-refractivity contribution in [3.8, 4) is 11.3 Å². The average Bonchev–Trinajstić information content (AvgIpc) is 2.56. The van der Waals surface area contributed by atoms with Crippen LogP contribution in [0.3, 0.4) is 0 Å². The van der Waals surface area contributed by atoms with Gasteiger partial charge in [-0.1, -0.05) is 27.5 Å². The number of nitrogens with zero attached hydrogens (tertiary/aromatic N) is 1. The Balaban J connectivity index is 2.62. The second kappa shape index (κ2) is 3.88. The molecule has 14 heavy (non-hydrogen) atoms. The van der Waals surface area contributed by atoms with Crippen molar-refractivity contribution < 1.29 is 0 Å². The van der Waals surface area contributed by atoms with Gasteiger partial charge in [-0.15, -0.1) is 11.3 Å². The van der Waals surface area contributed by atoms with Gasteiger partial charge in [-0.3, -0.25) is 0 Å². The van der Waals surface area contributed by atoms with Crippen LogP contribution in [0.25, 0.3) is 11.3 Å². The minimum atomic E-state index is 0.676. The molecule has 5 heteroatoms. The molecular weight excluding hydrogens is 284 g/mol. The lowest BCUT2D eigenvalue weighted by molar-refractivity contribution is 1.40. The smallest absolute Gasteiger partial charge is 0.114 e. The number of halogens is 2. The van der Waals surface area contributed by atoms with Gasteiger partial charge in [0.1, 0.15) is 10.7 Å². The third kappa shape index (κ3) is 1.78. The molecule has 0 saturated heterocycles. The van der Waals surface area contributed by atoms with Crippen molar-refractivity contribution >= 4 is 43.9 Å². The summed E-state index contributed by atoms with van der Waals surface area (Å²) in [4.78, 5) is 4.19. The van der Waals surface area contributed by atoms with Gasteiger partial charge in [-0.25, -0.2) is 4.98 Å². The van der Waals surface area contributed by atoms with Crippen molar-refractivity contribution in [1.29, 1.82) is 0 Å². The molecule has 0 atom stereocenters. The van der Waals surface area contributed by atoms with Crippen LogP contribution >= 0.6 is 38.9 Å². The van der Waals surface area contributed by atoms with E-state index in [1.165, 1.54) is 11.3 Å². The second-order valence-corrected chi connectivity index (χ2v) is 4.87. The molecule has 0 saturated carbocycles. The Labute approximate surface area is 98.9 Å². The number of benzene rings is 1. The van der Waals surface area contributed by atoms with Gasteiger partial charge in [0.15, 0.2) is 0 Å². The lowest BCUT2D eigenvalue weighted by Crippen LogP contribution is -1.86. The summed E-state index contributed by atoms with van der Waals surface area (Å²) in [6.07, 6.45) is 0. The van der Waals surface area contributed by atoms with Gasteiger partial charge in [0.2, 0.25) is 0 Å². The largest absolute Gasteiger partial charge is 0.389 e. The summed E-state index contributed by atoms with van der Waals surface area (Å²) in [7, 11) is 0. The molecule has 0 fully saturated rings. The van der Waals surface area contributed by atoms with E-state index >= 15 is 0 Å². The monoisotopic (exact) mass is 288 g/mol. The third-order valence-corrected chi connectivity index (χ3v) is 3.36. The van der Waals surface area contributed by atoms with E-state index in [1.807, 2.05) is 18.2 Å². The molecule has 0 unspecified atom stereocenters. The molecule has 0 radical (unpaired) electrons. The molecule has 2 nitrogen and oxygen atoms in total. The zero-order valence-corrected chi connectivity index (χ0v) is 10.2. The summed E-state index contributed by atoms with van der Waals surface area (Å²) >= 11 is 10.8. The number of rotatable bonds is 1. The van der Waals surface area contributed by atoms with Crippen LogP contribution < -0.4 is 5.73 Å². The molecule has 1 aromatic carbocycles. The fourth-order valence-electron chi connectivity index (χ4n) is 1.14. The van der Waals surface area contributed by atoms with Crippen LogP contribution in [0.4, 0.5) is 5.00 Å². The standard InChI is InChI=1S/C9H6BrClN2S/c10-7-2-1-5(11)3-6(7)8-9(12)14-4-13-8/h1-4H,12H2. The van der Waals surface area contributed by atoms with Crippen molar-refractivity contribution in [3.63, 3.8) is 0 Å². The topological polar surface area (TPSA) is 38.9 Å². The zero-order chi connectivity index (χ0) is 10.1. The first-order valence-corrected chi connectivity index (χ1v) is 5.88. The number of anilines is 1. The van der Waals surface area contributed by atoms with Crippen LogP contribution in [0.15, 0.2) is 28.2 Å². The van der Waals surface area contributed by atoms with Gasteiger partial charge in [-0.2, -0.15) is 0 Å². The molecule has 2 aromatic rings. The summed E-state index contributed by atoms with van der Waals surface area (Å²) in [5.74, 6) is 0. The van der Waals surface area contributed by atoms with Crippen molar-refractivity contribution in [2.75, 3.05) is 5.73 Å². The van der Waals surface area contributed by atoms with E-state index in [9.17, 15) is 0 Å². The van der Waals surface area contributed by atoms with E-state index in [2.05, 4.69) is 20.9 Å². The number of hydrogen-bond donors (Lipinski definition) is 1. The van der Waals surface area contributed by atoms with E-state index in [4.69, 9.17) is 17.3 Å². The summed E-state index contributed by atoms with van der Waals surface area (Å²) in [5.41, 5.74) is 9.21. The highest BCUT2D eigenvalue weighted by molar-refractivity contribution is 9.10. The highest BCUT2D eigenvalue weighted by Crippen LogP contribution is 2.34. The van der Waals surface area contributed by atoms with Gasteiger partial charge in [0, 0.05) is 15.1 Å². The number of nitrogen functional groups attached to an aromatic ring is 1. The molecule has 0 aliphatic heterocycles. The normalized spacial score (nSPS) is 10.4. The van der Waals surface area contributed by atoms with Crippen LogP contribution in [0, 0.1) is 0 Å². The SMILES string of the molecule is Nc1scnc1-c1cc(Cl)ccc1Br. The molecular formula is C9H6BrClN2S. The van der Waals surface area contributed by atoms with Gasteiger partial charge in [0.05, 0.1) is 5.51 Å². The summed E-state index contributed by atoms with van der Waals surface area (Å²) in [6, 6.07) is 5.55. The number of nitrogens with two attached hydrogens (primary N) is 1. The number of thiazole rings is 1. The predicted molar refractivity (Wildman–Crippen MR) is 64.7 cm³/mol. The number of hydrogen-bond acceptors (Lipinski definition) is 3. The Hall–Kier alpha value is -0.580. The highest BCUT2D eigenvalue weighted by atomic mass is 79.9. The molecule has 2 rings (SSSR count). The van der Waals surface area contributed by atoms with Gasteiger partial charge in [-0.05, 0) is 18.2 Å². The zero-order valence-electron chi connectivity index (χ0n) is 7.00. The summed E-state index contributed by atoms with van der Waals surface area (Å²) < 4.78 is 0.944. The van der Waals surface area contributed by atoms with Crippen molar-refractivity contribution in [2.24, 2.45) is 0 Å². The number of aromatic nitrogens is 1. The molecule has 2 N–H and O–H groups in total. The first kappa shape index (κ1) is 9.96. The van der Waals surface area contributed by atoms with Crippen LogP contribution in [0.5, 0.6) is 0 Å². The van der Waals surface area contributed by atoms with E-state index in [-0.39, 0.29) is 0 Å². The Morgan fingerprint density at radius 2 is 2.21 bits per heavy atom. The molecule has 72 valence electrons. The van der Waals surface area contributed by atoms with Crippen molar-refractivity contribution in [3.05, 3.63) is 33.2 Å². The maximum Gasteiger partial charge on any atom is 0.114 e. The minimum Gasteiger partial charge on any atom is -0.389 e. The van der Waals surface area contributed by atoms with Crippen LogP contribution in [0.2, 0.25) is 5.02 Å². The molecule has 0 amide bonds. The first-order chi connectivity index (χ1) is 6.68. The maximum atomic E-state index is 5.90. The Morgan fingerprint density at radius 1 is 1.43 bits per heavy atom. The minimum absolute atomic E-state index is 0.676. The van der Waals surface area contributed by atoms with Crippen LogP contribution in [-0.2, 0) is 0 Å². The fraction of sp³-hybridized carbons (Fsp3) is 0. The fourth-order valence-corrected chi connectivity index (χ4v) is 2.29. The van der Waals surface area contributed by atoms with E-state index in [0.29, 0.717) is 10.0 Å².